The number of fused-ring (bicyclic) bond motifs is 1. The summed E-state index contributed by atoms with van der Waals surface area (Å²) >= 11 is 5.77. The Morgan fingerprint density at radius 1 is 1.50 bits per heavy atom. The Bertz CT molecular complexity index is 360. The van der Waals surface area contributed by atoms with Crippen molar-refractivity contribution in [1.29, 1.82) is 0 Å². The molecule has 0 radical (unpaired) electrons. The molecule has 2 rings (SSSR count). The first-order valence-electron chi connectivity index (χ1n) is 4.39. The molecule has 0 aliphatic carbocycles. The van der Waals surface area contributed by atoms with Crippen molar-refractivity contribution in [3.63, 3.8) is 0 Å². The van der Waals surface area contributed by atoms with Gasteiger partial charge in [-0.1, -0.05) is 11.6 Å². The van der Waals surface area contributed by atoms with E-state index in [0.29, 0.717) is 11.4 Å². The molecule has 1 unspecified atom stereocenters. The maximum Gasteiger partial charge on any atom is 0.265 e. The molecule has 76 valence electrons. The van der Waals surface area contributed by atoms with Gasteiger partial charge in [-0.25, -0.2) is 8.78 Å². The lowest BCUT2D eigenvalue weighted by atomic mass is 10.1. The lowest BCUT2D eigenvalue weighted by Gasteiger charge is -2.18. The maximum absolute atomic E-state index is 13.0. The fourth-order valence-corrected chi connectivity index (χ4v) is 1.83. The highest BCUT2D eigenvalue weighted by molar-refractivity contribution is 6.30. The summed E-state index contributed by atoms with van der Waals surface area (Å²) in [5.41, 5.74) is 1.63. The number of halogens is 3. The van der Waals surface area contributed by atoms with Gasteiger partial charge in [0, 0.05) is 24.1 Å². The van der Waals surface area contributed by atoms with Crippen LogP contribution in [-0.4, -0.2) is 12.0 Å². The SMILES string of the molecule is CC(F)(F)C1Cc2cc(Cl)ccc2N1. The fourth-order valence-electron chi connectivity index (χ4n) is 1.64. The Balaban J connectivity index is 2.26. The highest BCUT2D eigenvalue weighted by Crippen LogP contribution is 2.34. The van der Waals surface area contributed by atoms with Gasteiger partial charge in [0.25, 0.3) is 5.92 Å². The fraction of sp³-hybridized carbons (Fsp3) is 0.400. The summed E-state index contributed by atoms with van der Waals surface area (Å²) in [6.07, 6.45) is 0.333. The summed E-state index contributed by atoms with van der Waals surface area (Å²) in [6, 6.07) is 4.36. The van der Waals surface area contributed by atoms with Crippen molar-refractivity contribution in [2.45, 2.75) is 25.3 Å². The first-order chi connectivity index (χ1) is 6.47. The van der Waals surface area contributed by atoms with E-state index in [4.69, 9.17) is 11.6 Å². The van der Waals surface area contributed by atoms with E-state index in [-0.39, 0.29) is 0 Å². The van der Waals surface area contributed by atoms with E-state index in [1.165, 1.54) is 0 Å². The zero-order valence-corrected chi connectivity index (χ0v) is 8.41. The van der Waals surface area contributed by atoms with Crippen LogP contribution in [0.15, 0.2) is 18.2 Å². The molecule has 0 bridgehead atoms. The van der Waals surface area contributed by atoms with Crippen molar-refractivity contribution in [2.24, 2.45) is 0 Å². The van der Waals surface area contributed by atoms with Crippen LogP contribution in [0.2, 0.25) is 5.02 Å². The molecule has 14 heavy (non-hydrogen) atoms. The van der Waals surface area contributed by atoms with E-state index in [1.54, 1.807) is 18.2 Å². The second kappa shape index (κ2) is 3.09. The number of rotatable bonds is 1. The van der Waals surface area contributed by atoms with Crippen LogP contribution in [-0.2, 0) is 6.42 Å². The average molecular weight is 218 g/mol. The smallest absolute Gasteiger partial charge is 0.265 e. The predicted molar refractivity (Wildman–Crippen MR) is 53.2 cm³/mol. The maximum atomic E-state index is 13.0. The number of alkyl halides is 2. The average Bonchev–Trinajstić information content (AvgIpc) is 2.45. The van der Waals surface area contributed by atoms with Gasteiger partial charge in [-0.2, -0.15) is 0 Å². The Morgan fingerprint density at radius 3 is 2.86 bits per heavy atom. The molecule has 0 amide bonds. The van der Waals surface area contributed by atoms with Crippen molar-refractivity contribution in [1.82, 2.24) is 0 Å². The van der Waals surface area contributed by atoms with Crippen LogP contribution >= 0.6 is 11.6 Å². The van der Waals surface area contributed by atoms with Crippen molar-refractivity contribution in [2.75, 3.05) is 5.32 Å². The molecule has 0 saturated heterocycles. The first kappa shape index (κ1) is 9.71. The quantitative estimate of drug-likeness (QED) is 0.761. The number of hydrogen-bond donors (Lipinski definition) is 1. The molecular weight excluding hydrogens is 208 g/mol. The number of hydrogen-bond acceptors (Lipinski definition) is 1. The summed E-state index contributed by atoms with van der Waals surface area (Å²) in [6.45, 7) is 0.929. The molecule has 1 aliphatic rings. The van der Waals surface area contributed by atoms with Gasteiger partial charge in [0.15, 0.2) is 0 Å². The molecule has 1 nitrogen and oxygen atoms in total. The third-order valence-corrected chi connectivity index (χ3v) is 2.67. The minimum Gasteiger partial charge on any atom is -0.376 e. The lowest BCUT2D eigenvalue weighted by molar-refractivity contribution is 0.00371. The van der Waals surface area contributed by atoms with Crippen LogP contribution in [0.5, 0.6) is 0 Å². The Labute approximate surface area is 86.1 Å². The Kier molecular flexibility index (Phi) is 2.14. The second-order valence-electron chi connectivity index (χ2n) is 3.66. The van der Waals surface area contributed by atoms with Crippen molar-refractivity contribution < 1.29 is 8.78 Å². The van der Waals surface area contributed by atoms with Crippen LogP contribution in [0.4, 0.5) is 14.5 Å². The third-order valence-electron chi connectivity index (χ3n) is 2.43. The summed E-state index contributed by atoms with van der Waals surface area (Å²) < 4.78 is 26.0. The first-order valence-corrected chi connectivity index (χ1v) is 4.77. The summed E-state index contributed by atoms with van der Waals surface area (Å²) in [5, 5.41) is 3.38. The lowest BCUT2D eigenvalue weighted by Crippen LogP contribution is -2.35. The highest BCUT2D eigenvalue weighted by Gasteiger charge is 2.38. The zero-order chi connectivity index (χ0) is 10.3. The Hall–Kier alpha value is -0.830. The van der Waals surface area contributed by atoms with E-state index in [9.17, 15) is 8.78 Å². The monoisotopic (exact) mass is 217 g/mol. The number of anilines is 1. The van der Waals surface area contributed by atoms with Gasteiger partial charge in [-0.05, 0) is 23.8 Å². The molecule has 0 aromatic heterocycles. The van der Waals surface area contributed by atoms with Gasteiger partial charge in [-0.3, -0.25) is 0 Å². The van der Waals surface area contributed by atoms with Crippen LogP contribution in [0.1, 0.15) is 12.5 Å². The van der Waals surface area contributed by atoms with Crippen LogP contribution < -0.4 is 5.32 Å². The highest BCUT2D eigenvalue weighted by atomic mass is 35.5. The normalized spacial score (nSPS) is 20.4. The van der Waals surface area contributed by atoms with Crippen molar-refractivity contribution >= 4 is 17.3 Å². The van der Waals surface area contributed by atoms with Gasteiger partial charge in [-0.15, -0.1) is 0 Å². The van der Waals surface area contributed by atoms with Gasteiger partial charge in [0.1, 0.15) is 0 Å². The number of benzene rings is 1. The predicted octanol–water partition coefficient (Wildman–Crippen LogP) is 3.33. The van der Waals surface area contributed by atoms with Crippen molar-refractivity contribution in [3.8, 4) is 0 Å². The van der Waals surface area contributed by atoms with E-state index < -0.39 is 12.0 Å². The summed E-state index contributed by atoms with van der Waals surface area (Å²) in [7, 11) is 0. The van der Waals surface area contributed by atoms with Crippen molar-refractivity contribution in [3.05, 3.63) is 28.8 Å². The molecule has 1 aromatic rings. The van der Waals surface area contributed by atoms with Crippen LogP contribution in [0.25, 0.3) is 0 Å². The van der Waals surface area contributed by atoms with E-state index in [0.717, 1.165) is 18.2 Å². The largest absolute Gasteiger partial charge is 0.376 e. The number of nitrogens with one attached hydrogen (secondary N) is 1. The van der Waals surface area contributed by atoms with Crippen LogP contribution in [0, 0.1) is 0 Å². The molecule has 0 saturated carbocycles. The van der Waals surface area contributed by atoms with Gasteiger partial charge in [0.05, 0.1) is 6.04 Å². The minimum atomic E-state index is -2.70. The van der Waals surface area contributed by atoms with Gasteiger partial charge >= 0.3 is 0 Å². The molecular formula is C10H10ClF2N. The topological polar surface area (TPSA) is 12.0 Å². The molecule has 0 spiro atoms. The summed E-state index contributed by atoms with van der Waals surface area (Å²) in [5.74, 6) is -2.70. The molecule has 1 N–H and O–H groups in total. The van der Waals surface area contributed by atoms with E-state index >= 15 is 0 Å². The Morgan fingerprint density at radius 2 is 2.21 bits per heavy atom. The molecule has 1 aromatic carbocycles. The zero-order valence-electron chi connectivity index (χ0n) is 7.65. The van der Waals surface area contributed by atoms with Gasteiger partial charge < -0.3 is 5.32 Å². The van der Waals surface area contributed by atoms with Crippen LogP contribution in [0.3, 0.4) is 0 Å². The van der Waals surface area contributed by atoms with E-state index in [1.807, 2.05) is 0 Å². The summed E-state index contributed by atoms with van der Waals surface area (Å²) in [4.78, 5) is 0. The van der Waals surface area contributed by atoms with Gasteiger partial charge in [0.2, 0.25) is 0 Å². The molecule has 1 atom stereocenters. The van der Waals surface area contributed by atoms with E-state index in [2.05, 4.69) is 5.32 Å². The minimum absolute atomic E-state index is 0.333. The molecule has 1 heterocycles. The third kappa shape index (κ3) is 1.69. The molecule has 4 heteroatoms. The standard InChI is InChI=1S/C10H10ClF2N/c1-10(12,13)9-5-6-4-7(11)2-3-8(6)14-9/h2-4,9,14H,5H2,1H3. The molecule has 1 aliphatic heterocycles. The second-order valence-corrected chi connectivity index (χ2v) is 4.10. The molecule has 0 fully saturated rings.